The van der Waals surface area contributed by atoms with Gasteiger partial charge >= 0.3 is 0 Å². The molecule has 0 saturated carbocycles. The van der Waals surface area contributed by atoms with Gasteiger partial charge in [-0.25, -0.2) is 9.97 Å². The van der Waals surface area contributed by atoms with E-state index in [0.717, 1.165) is 33.5 Å². The summed E-state index contributed by atoms with van der Waals surface area (Å²) in [6, 6.07) is 11.7. The summed E-state index contributed by atoms with van der Waals surface area (Å²) >= 11 is 0. The Kier molecular flexibility index (Phi) is 6.80. The topological polar surface area (TPSA) is 97.4 Å². The van der Waals surface area contributed by atoms with Crippen LogP contribution < -0.4 is 20.7 Å². The van der Waals surface area contributed by atoms with E-state index in [1.165, 1.54) is 0 Å². The number of amides is 1. The van der Waals surface area contributed by atoms with E-state index in [1.807, 2.05) is 30.3 Å². The van der Waals surface area contributed by atoms with Crippen LogP contribution in [0, 0.1) is 0 Å². The molecule has 0 unspecified atom stereocenters. The highest BCUT2D eigenvalue weighted by Crippen LogP contribution is 2.32. The van der Waals surface area contributed by atoms with Crippen molar-refractivity contribution in [2.75, 3.05) is 51.6 Å². The van der Waals surface area contributed by atoms with Crippen molar-refractivity contribution in [1.29, 1.82) is 0 Å². The zero-order chi connectivity index (χ0) is 20.6. The first-order valence-electron chi connectivity index (χ1n) is 9.27. The molecule has 2 aromatic carbocycles. The Morgan fingerprint density at radius 3 is 2.76 bits per heavy atom. The molecule has 1 heterocycles. The van der Waals surface area contributed by atoms with Gasteiger partial charge in [-0.05, 0) is 35.7 Å². The number of fused-ring (bicyclic) bond motifs is 1. The molecule has 29 heavy (non-hydrogen) atoms. The van der Waals surface area contributed by atoms with E-state index < -0.39 is 0 Å². The second kappa shape index (κ2) is 9.70. The zero-order valence-corrected chi connectivity index (χ0v) is 16.8. The number of hydrogen-bond donors (Lipinski definition) is 3. The van der Waals surface area contributed by atoms with Crippen molar-refractivity contribution in [3.05, 3.63) is 42.6 Å². The lowest BCUT2D eigenvalue weighted by Gasteiger charge is -2.14. The molecule has 3 rings (SSSR count). The van der Waals surface area contributed by atoms with Crippen LogP contribution in [0.15, 0.2) is 42.6 Å². The number of aromatic nitrogens is 2. The normalized spacial score (nSPS) is 10.6. The fraction of sp³-hybridized carbons (Fsp3) is 0.286. The molecule has 0 radical (unpaired) electrons. The summed E-state index contributed by atoms with van der Waals surface area (Å²) in [4.78, 5) is 20.8. The van der Waals surface area contributed by atoms with Crippen molar-refractivity contribution < 1.29 is 14.3 Å². The molecule has 0 fully saturated rings. The lowest BCUT2D eigenvalue weighted by atomic mass is 10.0. The minimum atomic E-state index is -0.108. The molecule has 0 aliphatic carbocycles. The number of anilines is 2. The average Bonchev–Trinajstić information content (AvgIpc) is 2.77. The number of carbonyl (C=O) groups is 1. The Hall–Kier alpha value is -3.39. The molecule has 3 N–H and O–H groups in total. The third-order valence-electron chi connectivity index (χ3n) is 4.40. The number of methoxy groups -OCH3 is 2. The van der Waals surface area contributed by atoms with Crippen LogP contribution >= 0.6 is 0 Å². The van der Waals surface area contributed by atoms with E-state index in [0.29, 0.717) is 19.1 Å². The van der Waals surface area contributed by atoms with Gasteiger partial charge in [-0.3, -0.25) is 4.79 Å². The molecule has 0 atom stereocenters. The first kappa shape index (κ1) is 20.3. The molecule has 1 aromatic heterocycles. The number of nitrogens with zero attached hydrogens (tertiary/aromatic N) is 2. The summed E-state index contributed by atoms with van der Waals surface area (Å²) in [6.45, 7) is 1.09. The Bertz CT molecular complexity index is 993. The largest absolute Gasteiger partial charge is 0.497 e. The highest BCUT2D eigenvalue weighted by atomic mass is 16.5. The second-order valence-electron chi connectivity index (χ2n) is 6.32. The average molecular weight is 395 g/mol. The summed E-state index contributed by atoms with van der Waals surface area (Å²) in [7, 11) is 5.01. The van der Waals surface area contributed by atoms with E-state index in [1.54, 1.807) is 27.5 Å². The van der Waals surface area contributed by atoms with Crippen molar-refractivity contribution in [1.82, 2.24) is 15.3 Å². The smallest absolute Gasteiger partial charge is 0.239 e. The molecule has 0 bridgehead atoms. The third kappa shape index (κ3) is 5.11. The van der Waals surface area contributed by atoms with Gasteiger partial charge in [0.1, 0.15) is 5.75 Å². The predicted octanol–water partition coefficient (Wildman–Crippen LogP) is 2.52. The third-order valence-corrected chi connectivity index (χ3v) is 4.40. The van der Waals surface area contributed by atoms with Crippen LogP contribution in [-0.2, 0) is 9.53 Å². The maximum atomic E-state index is 12.1. The SMILES string of the molecule is CNc1nccc(-c2cc(NCC(=O)NCCOC)c3cc(OC)ccc3c2)n1. The molecule has 8 nitrogen and oxygen atoms in total. The molecule has 0 aliphatic heterocycles. The van der Waals surface area contributed by atoms with Gasteiger partial charge in [-0.1, -0.05) is 6.07 Å². The first-order chi connectivity index (χ1) is 14.1. The number of ether oxygens (including phenoxy) is 2. The van der Waals surface area contributed by atoms with Crippen LogP contribution in [0.3, 0.4) is 0 Å². The summed E-state index contributed by atoms with van der Waals surface area (Å²) in [5, 5.41) is 11.0. The van der Waals surface area contributed by atoms with Crippen molar-refractivity contribution in [3.63, 3.8) is 0 Å². The minimum absolute atomic E-state index is 0.108. The van der Waals surface area contributed by atoms with Gasteiger partial charge in [-0.15, -0.1) is 0 Å². The standard InChI is InChI=1S/C21H25N5O3/c1-22-21-24-7-6-18(26-21)15-10-14-4-5-16(29-3)12-17(14)19(11-15)25-13-20(27)23-8-9-28-2/h4-7,10-12,25H,8-9,13H2,1-3H3,(H,23,27)(H,22,24,26). The number of benzene rings is 2. The van der Waals surface area contributed by atoms with Gasteiger partial charge in [-0.2, -0.15) is 0 Å². The van der Waals surface area contributed by atoms with Gasteiger partial charge in [0.05, 0.1) is 26.0 Å². The first-order valence-corrected chi connectivity index (χ1v) is 9.27. The molecule has 1 amide bonds. The number of hydrogen-bond acceptors (Lipinski definition) is 7. The van der Waals surface area contributed by atoms with E-state index in [9.17, 15) is 4.79 Å². The molecular weight excluding hydrogens is 370 g/mol. The van der Waals surface area contributed by atoms with Gasteiger partial charge in [0.2, 0.25) is 11.9 Å². The number of carbonyl (C=O) groups excluding carboxylic acids is 1. The fourth-order valence-electron chi connectivity index (χ4n) is 2.93. The van der Waals surface area contributed by atoms with Crippen LogP contribution in [0.25, 0.3) is 22.0 Å². The van der Waals surface area contributed by atoms with Crippen molar-refractivity contribution in [2.45, 2.75) is 0 Å². The van der Waals surface area contributed by atoms with Gasteiger partial charge in [0.25, 0.3) is 0 Å². The Balaban J connectivity index is 1.94. The molecule has 8 heteroatoms. The fourth-order valence-corrected chi connectivity index (χ4v) is 2.93. The number of rotatable bonds is 9. The molecule has 3 aromatic rings. The van der Waals surface area contributed by atoms with Crippen molar-refractivity contribution in [3.8, 4) is 17.0 Å². The predicted molar refractivity (Wildman–Crippen MR) is 114 cm³/mol. The monoisotopic (exact) mass is 395 g/mol. The summed E-state index contributed by atoms with van der Waals surface area (Å²) < 4.78 is 10.3. The maximum absolute atomic E-state index is 12.1. The van der Waals surface area contributed by atoms with E-state index in [-0.39, 0.29) is 12.5 Å². The van der Waals surface area contributed by atoms with Crippen LogP contribution in [0.2, 0.25) is 0 Å². The summed E-state index contributed by atoms with van der Waals surface area (Å²) in [5.74, 6) is 1.18. The Morgan fingerprint density at radius 1 is 1.14 bits per heavy atom. The van der Waals surface area contributed by atoms with Gasteiger partial charge < -0.3 is 25.4 Å². The zero-order valence-electron chi connectivity index (χ0n) is 16.8. The maximum Gasteiger partial charge on any atom is 0.239 e. The Labute approximate surface area is 169 Å². The number of nitrogens with one attached hydrogen (secondary N) is 3. The van der Waals surface area contributed by atoms with Crippen molar-refractivity contribution >= 4 is 28.3 Å². The van der Waals surface area contributed by atoms with Crippen LogP contribution in [0.4, 0.5) is 11.6 Å². The van der Waals surface area contributed by atoms with Gasteiger partial charge in [0.15, 0.2) is 0 Å². The second-order valence-corrected chi connectivity index (χ2v) is 6.32. The van der Waals surface area contributed by atoms with E-state index in [2.05, 4.69) is 32.0 Å². The quantitative estimate of drug-likeness (QED) is 0.479. The highest BCUT2D eigenvalue weighted by Gasteiger charge is 2.10. The summed E-state index contributed by atoms with van der Waals surface area (Å²) in [6.07, 6.45) is 1.71. The Morgan fingerprint density at radius 2 is 2.00 bits per heavy atom. The lowest BCUT2D eigenvalue weighted by molar-refractivity contribution is -0.119. The van der Waals surface area contributed by atoms with Crippen LogP contribution in [0.1, 0.15) is 0 Å². The van der Waals surface area contributed by atoms with Crippen LogP contribution in [0.5, 0.6) is 5.75 Å². The van der Waals surface area contributed by atoms with Gasteiger partial charge in [0, 0.05) is 43.5 Å². The van der Waals surface area contributed by atoms with E-state index >= 15 is 0 Å². The molecule has 152 valence electrons. The highest BCUT2D eigenvalue weighted by molar-refractivity contribution is 5.99. The molecule has 0 aliphatic rings. The summed E-state index contributed by atoms with van der Waals surface area (Å²) in [5.41, 5.74) is 2.53. The lowest BCUT2D eigenvalue weighted by Crippen LogP contribution is -2.32. The molecular formula is C21H25N5O3. The van der Waals surface area contributed by atoms with Crippen LogP contribution in [-0.4, -0.2) is 56.8 Å². The van der Waals surface area contributed by atoms with E-state index in [4.69, 9.17) is 9.47 Å². The van der Waals surface area contributed by atoms with Crippen molar-refractivity contribution in [2.24, 2.45) is 0 Å². The minimum Gasteiger partial charge on any atom is -0.497 e. The molecule has 0 spiro atoms. The molecule has 0 saturated heterocycles.